The normalized spacial score (nSPS) is 24.0. The number of carbonyl (C=O) groups is 1. The maximum atomic E-state index is 13.8. The van der Waals surface area contributed by atoms with Gasteiger partial charge in [-0.05, 0) is 43.7 Å². The number of rotatable bonds is 5. The van der Waals surface area contributed by atoms with E-state index < -0.39 is 11.7 Å². The van der Waals surface area contributed by atoms with Crippen molar-refractivity contribution in [1.29, 1.82) is 0 Å². The molecule has 0 aromatic carbocycles. The van der Waals surface area contributed by atoms with Crippen LogP contribution in [-0.4, -0.2) is 59.4 Å². The second-order valence-corrected chi connectivity index (χ2v) is 8.84. The Morgan fingerprint density at radius 2 is 1.82 bits per heavy atom. The lowest BCUT2D eigenvalue weighted by Gasteiger charge is -2.57. The average Bonchev–Trinajstić information content (AvgIpc) is 3.31. The minimum Gasteiger partial charge on any atom is -0.352 e. The lowest BCUT2D eigenvalue weighted by atomic mass is 9.64. The fourth-order valence-electron chi connectivity index (χ4n) is 4.82. The van der Waals surface area contributed by atoms with Gasteiger partial charge in [-0.1, -0.05) is 6.92 Å². The summed E-state index contributed by atoms with van der Waals surface area (Å²) in [5, 5.41) is 11.3. The third kappa shape index (κ3) is 3.97. The van der Waals surface area contributed by atoms with Gasteiger partial charge in [-0.25, -0.2) is 15.0 Å². The third-order valence-corrected chi connectivity index (χ3v) is 6.78. The van der Waals surface area contributed by atoms with Crippen LogP contribution in [0, 0.1) is 18.8 Å². The first-order chi connectivity index (χ1) is 16.2. The number of pyridine rings is 1. The van der Waals surface area contributed by atoms with Gasteiger partial charge in [-0.15, -0.1) is 4.80 Å². The van der Waals surface area contributed by atoms with Gasteiger partial charge < -0.3 is 10.2 Å². The molecule has 2 aliphatic heterocycles. The van der Waals surface area contributed by atoms with E-state index in [0.717, 1.165) is 25.2 Å². The first kappa shape index (κ1) is 22.2. The molecule has 1 N–H and O–H groups in total. The molecule has 34 heavy (non-hydrogen) atoms. The number of amides is 1. The van der Waals surface area contributed by atoms with E-state index in [0.29, 0.717) is 23.8 Å². The lowest BCUT2D eigenvalue weighted by molar-refractivity contribution is -0.138. The predicted octanol–water partition coefficient (Wildman–Crippen LogP) is 3.13. The van der Waals surface area contributed by atoms with Crippen molar-refractivity contribution in [3.05, 3.63) is 53.9 Å². The highest BCUT2D eigenvalue weighted by atomic mass is 19.4. The van der Waals surface area contributed by atoms with E-state index in [-0.39, 0.29) is 35.6 Å². The number of nitrogens with zero attached hydrogens (tertiary/aromatic N) is 7. The molecule has 9 nitrogen and oxygen atoms in total. The molecular formula is C22H23F3N8O. The number of fused-ring (bicyclic) bond motifs is 2. The highest BCUT2D eigenvalue weighted by Gasteiger charge is 2.51. The Labute approximate surface area is 193 Å². The summed E-state index contributed by atoms with van der Waals surface area (Å²) in [7, 11) is 0. The van der Waals surface area contributed by atoms with Crippen LogP contribution in [0.25, 0.3) is 5.69 Å². The van der Waals surface area contributed by atoms with E-state index in [4.69, 9.17) is 0 Å². The Morgan fingerprint density at radius 1 is 1.15 bits per heavy atom. The van der Waals surface area contributed by atoms with Gasteiger partial charge >= 0.3 is 6.18 Å². The second kappa shape index (κ2) is 8.33. The van der Waals surface area contributed by atoms with Crippen molar-refractivity contribution in [3.63, 3.8) is 0 Å². The summed E-state index contributed by atoms with van der Waals surface area (Å²) < 4.78 is 38.4. The molecular weight excluding hydrogens is 449 g/mol. The number of aromatic nitrogens is 6. The van der Waals surface area contributed by atoms with Crippen LogP contribution < -0.4 is 5.32 Å². The molecule has 2 bridgehead atoms. The largest absolute Gasteiger partial charge is 0.419 e. The monoisotopic (exact) mass is 472 g/mol. The molecule has 3 aliphatic rings. The van der Waals surface area contributed by atoms with Crippen molar-refractivity contribution in [2.24, 2.45) is 11.8 Å². The quantitative estimate of drug-likeness (QED) is 0.609. The predicted molar refractivity (Wildman–Crippen MR) is 115 cm³/mol. The van der Waals surface area contributed by atoms with Crippen molar-refractivity contribution in [2.75, 3.05) is 11.9 Å². The summed E-state index contributed by atoms with van der Waals surface area (Å²) in [6, 6.07) is 3.45. The average molecular weight is 472 g/mol. The SMILES string of the molecule is Cc1ccc(-n2nccn2)c(C(=O)N2C3CC(C3)[C@@H](C)[C@H]2CNc2ncc(C(F)(F)F)cn2)n1. The molecule has 5 heterocycles. The van der Waals surface area contributed by atoms with Gasteiger partial charge in [-0.3, -0.25) is 4.79 Å². The number of alkyl halides is 3. The molecule has 1 saturated carbocycles. The van der Waals surface area contributed by atoms with E-state index in [1.807, 2.05) is 11.8 Å². The lowest BCUT2D eigenvalue weighted by Crippen LogP contribution is -2.64. The summed E-state index contributed by atoms with van der Waals surface area (Å²) in [5.41, 5.74) is 0.549. The molecule has 3 aromatic heterocycles. The fraction of sp³-hybridized carbons (Fsp3) is 0.455. The minimum atomic E-state index is -4.50. The zero-order valence-corrected chi connectivity index (χ0v) is 18.6. The van der Waals surface area contributed by atoms with E-state index >= 15 is 0 Å². The van der Waals surface area contributed by atoms with Gasteiger partial charge in [0.15, 0.2) is 5.69 Å². The first-order valence-electron chi connectivity index (χ1n) is 11.0. The zero-order valence-electron chi connectivity index (χ0n) is 18.6. The molecule has 12 heteroatoms. The maximum absolute atomic E-state index is 13.8. The van der Waals surface area contributed by atoms with Gasteiger partial charge in [0.1, 0.15) is 5.69 Å². The Morgan fingerprint density at radius 3 is 2.47 bits per heavy atom. The molecule has 6 rings (SSSR count). The van der Waals surface area contributed by atoms with Gasteiger partial charge in [-0.2, -0.15) is 23.4 Å². The van der Waals surface area contributed by atoms with Crippen LogP contribution >= 0.6 is 0 Å². The number of hydrogen-bond acceptors (Lipinski definition) is 7. The van der Waals surface area contributed by atoms with Crippen molar-refractivity contribution in [1.82, 2.24) is 34.8 Å². The van der Waals surface area contributed by atoms with Gasteiger partial charge in [0, 0.05) is 30.7 Å². The van der Waals surface area contributed by atoms with Crippen molar-refractivity contribution >= 4 is 11.9 Å². The van der Waals surface area contributed by atoms with Crippen molar-refractivity contribution < 1.29 is 18.0 Å². The third-order valence-electron chi connectivity index (χ3n) is 6.78. The Balaban J connectivity index is 1.40. The number of halogens is 3. The number of carbonyl (C=O) groups excluding carboxylic acids is 1. The number of anilines is 1. The maximum Gasteiger partial charge on any atom is 0.419 e. The number of hydrogen-bond donors (Lipinski definition) is 1. The Kier molecular flexibility index (Phi) is 5.45. The molecule has 178 valence electrons. The topological polar surface area (TPSA) is 102 Å². The van der Waals surface area contributed by atoms with Crippen LogP contribution in [-0.2, 0) is 6.18 Å². The molecule has 1 amide bonds. The molecule has 1 aliphatic carbocycles. The highest BCUT2D eigenvalue weighted by Crippen LogP contribution is 2.47. The summed E-state index contributed by atoms with van der Waals surface area (Å²) >= 11 is 0. The van der Waals surface area contributed by atoms with Crippen molar-refractivity contribution in [2.45, 2.75) is 44.9 Å². The fourth-order valence-corrected chi connectivity index (χ4v) is 4.82. The van der Waals surface area contributed by atoms with E-state index in [1.54, 1.807) is 12.1 Å². The molecule has 3 aromatic rings. The van der Waals surface area contributed by atoms with Crippen molar-refractivity contribution in [3.8, 4) is 5.69 Å². The van der Waals surface area contributed by atoms with Crippen LogP contribution in [0.3, 0.4) is 0 Å². The number of nitrogens with one attached hydrogen (secondary N) is 1. The standard InChI is InChI=1S/C22H23F3N8O/c1-12-3-4-17(33-29-5-6-30-33)19(31-12)20(34)32-16-7-14(8-16)13(2)18(32)11-28-21-26-9-15(10-27-21)22(23,24)25/h3-6,9-10,13-14,16,18H,7-8,11H2,1-2H3,(H,26,27,28)/t13-,14?,16?,18-/m1/s1. The second-order valence-electron chi connectivity index (χ2n) is 8.84. The van der Waals surface area contributed by atoms with Gasteiger partial charge in [0.05, 0.1) is 24.0 Å². The summed E-state index contributed by atoms with van der Waals surface area (Å²) in [6.07, 6.45) is 1.90. The van der Waals surface area contributed by atoms with E-state index in [1.165, 1.54) is 17.2 Å². The number of aryl methyl sites for hydroxylation is 1. The summed E-state index contributed by atoms with van der Waals surface area (Å²) in [4.78, 5) is 29.2. The van der Waals surface area contributed by atoms with Gasteiger partial charge in [0.2, 0.25) is 5.95 Å². The number of piperidine rings is 2. The molecule has 3 fully saturated rings. The smallest absolute Gasteiger partial charge is 0.352 e. The Hall–Kier alpha value is -3.57. The summed E-state index contributed by atoms with van der Waals surface area (Å²) in [6.45, 7) is 4.22. The van der Waals surface area contributed by atoms with E-state index in [2.05, 4.69) is 37.4 Å². The van der Waals surface area contributed by atoms with Crippen LogP contribution in [0.5, 0.6) is 0 Å². The van der Waals surface area contributed by atoms with Gasteiger partial charge in [0.25, 0.3) is 5.91 Å². The minimum absolute atomic E-state index is 0.0785. The first-order valence-corrected chi connectivity index (χ1v) is 11.0. The van der Waals surface area contributed by atoms with Crippen LogP contribution in [0.15, 0.2) is 36.9 Å². The summed E-state index contributed by atoms with van der Waals surface area (Å²) in [5.74, 6) is 0.548. The molecule has 0 radical (unpaired) electrons. The van der Waals surface area contributed by atoms with Crippen LogP contribution in [0.1, 0.15) is 41.5 Å². The Bertz CT molecular complexity index is 1180. The molecule has 2 saturated heterocycles. The van der Waals surface area contributed by atoms with E-state index in [9.17, 15) is 18.0 Å². The highest BCUT2D eigenvalue weighted by molar-refractivity contribution is 5.96. The van der Waals surface area contributed by atoms with Crippen LogP contribution in [0.4, 0.5) is 19.1 Å². The molecule has 0 unspecified atom stereocenters. The van der Waals surface area contributed by atoms with Crippen LogP contribution in [0.2, 0.25) is 0 Å². The molecule has 0 spiro atoms. The molecule has 2 atom stereocenters. The zero-order chi connectivity index (χ0) is 24.0.